The first-order valence-electron chi connectivity index (χ1n) is 6.54. The minimum Gasteiger partial charge on any atom is -0.396 e. The van der Waals surface area contributed by atoms with Gasteiger partial charge in [0.05, 0.1) is 0 Å². The number of hydrogen-bond acceptors (Lipinski definition) is 3. The molecule has 1 fully saturated rings. The van der Waals surface area contributed by atoms with Crippen LogP contribution in [0, 0.1) is 5.92 Å². The van der Waals surface area contributed by atoms with Crippen molar-refractivity contribution in [2.45, 2.75) is 19.4 Å². The first-order valence-corrected chi connectivity index (χ1v) is 6.91. The molecule has 1 aliphatic heterocycles. The van der Waals surface area contributed by atoms with E-state index < -0.39 is 0 Å². The van der Waals surface area contributed by atoms with Gasteiger partial charge in [0, 0.05) is 36.4 Å². The van der Waals surface area contributed by atoms with Crippen molar-refractivity contribution in [2.24, 2.45) is 5.92 Å². The third kappa shape index (κ3) is 3.61. The van der Waals surface area contributed by atoms with E-state index in [1.54, 1.807) is 0 Å². The van der Waals surface area contributed by atoms with E-state index in [9.17, 15) is 0 Å². The molecular formula is C14H21ClN2O. The van der Waals surface area contributed by atoms with Gasteiger partial charge in [-0.25, -0.2) is 0 Å². The van der Waals surface area contributed by atoms with E-state index in [2.05, 4.69) is 23.2 Å². The summed E-state index contributed by atoms with van der Waals surface area (Å²) in [4.78, 5) is 2.36. The lowest BCUT2D eigenvalue weighted by molar-refractivity contribution is 0.266. The SMILES string of the molecule is CC1CNC(CCO)CN(c2cccc(Cl)c2)C1. The third-order valence-corrected chi connectivity index (χ3v) is 3.61. The highest BCUT2D eigenvalue weighted by Crippen LogP contribution is 2.22. The Morgan fingerprint density at radius 1 is 1.44 bits per heavy atom. The van der Waals surface area contributed by atoms with Crippen molar-refractivity contribution in [3.63, 3.8) is 0 Å². The number of nitrogens with zero attached hydrogens (tertiary/aromatic N) is 1. The number of anilines is 1. The van der Waals surface area contributed by atoms with Gasteiger partial charge in [0.1, 0.15) is 0 Å². The van der Waals surface area contributed by atoms with Crippen molar-refractivity contribution in [2.75, 3.05) is 31.1 Å². The molecule has 0 aromatic heterocycles. The summed E-state index contributed by atoms with van der Waals surface area (Å²) < 4.78 is 0. The average molecular weight is 269 g/mol. The lowest BCUT2D eigenvalue weighted by Gasteiger charge is -2.27. The van der Waals surface area contributed by atoms with Crippen LogP contribution in [-0.2, 0) is 0 Å². The highest BCUT2D eigenvalue weighted by Gasteiger charge is 2.21. The number of aliphatic hydroxyl groups is 1. The summed E-state index contributed by atoms with van der Waals surface area (Å²) in [5.74, 6) is 0.590. The van der Waals surface area contributed by atoms with Gasteiger partial charge in [-0.15, -0.1) is 0 Å². The summed E-state index contributed by atoms with van der Waals surface area (Å²) in [6.07, 6.45) is 0.795. The molecule has 0 aliphatic carbocycles. The highest BCUT2D eigenvalue weighted by atomic mass is 35.5. The average Bonchev–Trinajstić information content (AvgIpc) is 2.52. The van der Waals surface area contributed by atoms with Crippen molar-refractivity contribution in [3.05, 3.63) is 29.3 Å². The van der Waals surface area contributed by atoms with Gasteiger partial charge in [-0.1, -0.05) is 24.6 Å². The maximum atomic E-state index is 9.10. The Morgan fingerprint density at radius 3 is 3.00 bits per heavy atom. The molecule has 3 nitrogen and oxygen atoms in total. The molecule has 0 saturated carbocycles. The van der Waals surface area contributed by atoms with Crippen LogP contribution in [0.2, 0.25) is 5.02 Å². The molecule has 0 bridgehead atoms. The molecule has 100 valence electrons. The second kappa shape index (κ2) is 6.41. The molecule has 18 heavy (non-hydrogen) atoms. The smallest absolute Gasteiger partial charge is 0.0446 e. The summed E-state index contributed by atoms with van der Waals surface area (Å²) in [6, 6.07) is 8.34. The molecule has 2 unspecified atom stereocenters. The van der Waals surface area contributed by atoms with E-state index in [1.807, 2.05) is 18.2 Å². The molecule has 1 saturated heterocycles. The van der Waals surface area contributed by atoms with Gasteiger partial charge in [-0.05, 0) is 37.1 Å². The van der Waals surface area contributed by atoms with Crippen LogP contribution >= 0.6 is 11.6 Å². The Balaban J connectivity index is 2.13. The molecule has 1 aliphatic rings. The van der Waals surface area contributed by atoms with Crippen LogP contribution in [0.15, 0.2) is 24.3 Å². The lowest BCUT2D eigenvalue weighted by atomic mass is 10.1. The first kappa shape index (κ1) is 13.7. The van der Waals surface area contributed by atoms with Crippen LogP contribution in [0.3, 0.4) is 0 Å². The number of nitrogens with one attached hydrogen (secondary N) is 1. The molecule has 2 rings (SSSR count). The van der Waals surface area contributed by atoms with Gasteiger partial charge in [-0.2, -0.15) is 0 Å². The molecule has 1 aromatic rings. The normalized spacial score (nSPS) is 24.9. The largest absolute Gasteiger partial charge is 0.396 e. The number of benzene rings is 1. The monoisotopic (exact) mass is 268 g/mol. The van der Waals surface area contributed by atoms with Crippen molar-refractivity contribution in [1.82, 2.24) is 5.32 Å². The maximum Gasteiger partial charge on any atom is 0.0446 e. The molecule has 2 atom stereocenters. The minimum atomic E-state index is 0.232. The van der Waals surface area contributed by atoms with Gasteiger partial charge < -0.3 is 15.3 Å². The van der Waals surface area contributed by atoms with E-state index in [4.69, 9.17) is 16.7 Å². The first-order chi connectivity index (χ1) is 8.69. The van der Waals surface area contributed by atoms with E-state index in [-0.39, 0.29) is 6.61 Å². The standard InChI is InChI=1S/C14H21ClN2O/c1-11-8-16-13(5-6-18)10-17(9-11)14-4-2-3-12(15)7-14/h2-4,7,11,13,16,18H,5-6,8-10H2,1H3. The van der Waals surface area contributed by atoms with Crippen LogP contribution < -0.4 is 10.2 Å². The molecule has 0 spiro atoms. The molecular weight excluding hydrogens is 248 g/mol. The Kier molecular flexibility index (Phi) is 4.87. The lowest BCUT2D eigenvalue weighted by Crippen LogP contribution is -2.38. The van der Waals surface area contributed by atoms with E-state index in [1.165, 1.54) is 5.69 Å². The van der Waals surface area contributed by atoms with Gasteiger partial charge >= 0.3 is 0 Å². The fourth-order valence-corrected chi connectivity index (χ4v) is 2.63. The number of aliphatic hydroxyl groups excluding tert-OH is 1. The van der Waals surface area contributed by atoms with E-state index >= 15 is 0 Å². The quantitative estimate of drug-likeness (QED) is 0.882. The molecule has 0 radical (unpaired) electrons. The van der Waals surface area contributed by atoms with Crippen LogP contribution in [0.4, 0.5) is 5.69 Å². The fourth-order valence-electron chi connectivity index (χ4n) is 2.45. The predicted molar refractivity (Wildman–Crippen MR) is 76.3 cm³/mol. The second-order valence-corrected chi connectivity index (χ2v) is 5.54. The minimum absolute atomic E-state index is 0.232. The van der Waals surface area contributed by atoms with Crippen molar-refractivity contribution in [1.29, 1.82) is 0 Å². The van der Waals surface area contributed by atoms with Crippen LogP contribution in [0.1, 0.15) is 13.3 Å². The Labute approximate surface area is 114 Å². The zero-order valence-electron chi connectivity index (χ0n) is 10.8. The van der Waals surface area contributed by atoms with Crippen LogP contribution in [0.25, 0.3) is 0 Å². The van der Waals surface area contributed by atoms with Crippen LogP contribution in [0.5, 0.6) is 0 Å². The summed E-state index contributed by atoms with van der Waals surface area (Å²) in [6.45, 7) is 5.42. The zero-order valence-corrected chi connectivity index (χ0v) is 11.5. The molecule has 1 heterocycles. The van der Waals surface area contributed by atoms with E-state index in [0.717, 1.165) is 31.1 Å². The van der Waals surface area contributed by atoms with Crippen molar-refractivity contribution >= 4 is 17.3 Å². The summed E-state index contributed by atoms with van der Waals surface area (Å²) in [5.41, 5.74) is 1.17. The van der Waals surface area contributed by atoms with E-state index in [0.29, 0.717) is 12.0 Å². The summed E-state index contributed by atoms with van der Waals surface area (Å²) in [7, 11) is 0. The second-order valence-electron chi connectivity index (χ2n) is 5.11. The fraction of sp³-hybridized carbons (Fsp3) is 0.571. The number of halogens is 1. The van der Waals surface area contributed by atoms with Gasteiger partial charge in [-0.3, -0.25) is 0 Å². The van der Waals surface area contributed by atoms with Crippen LogP contribution in [-0.4, -0.2) is 37.4 Å². The molecule has 1 aromatic carbocycles. The van der Waals surface area contributed by atoms with Gasteiger partial charge in [0.2, 0.25) is 0 Å². The van der Waals surface area contributed by atoms with Crippen molar-refractivity contribution in [3.8, 4) is 0 Å². The summed E-state index contributed by atoms with van der Waals surface area (Å²) in [5, 5.41) is 13.4. The third-order valence-electron chi connectivity index (χ3n) is 3.38. The predicted octanol–water partition coefficient (Wildman–Crippen LogP) is 2.14. The molecule has 2 N–H and O–H groups in total. The van der Waals surface area contributed by atoms with Gasteiger partial charge in [0.15, 0.2) is 0 Å². The Morgan fingerprint density at radius 2 is 2.28 bits per heavy atom. The molecule has 0 amide bonds. The number of hydrogen-bond donors (Lipinski definition) is 2. The van der Waals surface area contributed by atoms with Crippen molar-refractivity contribution < 1.29 is 5.11 Å². The van der Waals surface area contributed by atoms with Gasteiger partial charge in [0.25, 0.3) is 0 Å². The molecule has 4 heteroatoms. The maximum absolute atomic E-state index is 9.10. The number of rotatable bonds is 3. The highest BCUT2D eigenvalue weighted by molar-refractivity contribution is 6.30. The Hall–Kier alpha value is -0.770. The zero-order chi connectivity index (χ0) is 13.0. The summed E-state index contributed by atoms with van der Waals surface area (Å²) >= 11 is 6.06. The topological polar surface area (TPSA) is 35.5 Å². The Bertz CT molecular complexity index is 386.